The van der Waals surface area contributed by atoms with Gasteiger partial charge in [0.25, 0.3) is 5.91 Å². The van der Waals surface area contributed by atoms with Gasteiger partial charge in [-0.2, -0.15) is 0 Å². The zero-order chi connectivity index (χ0) is 20.1. The van der Waals surface area contributed by atoms with Crippen molar-refractivity contribution in [1.29, 1.82) is 0 Å². The molecule has 148 valence electrons. The molecule has 3 aromatic rings. The lowest BCUT2D eigenvalue weighted by Gasteiger charge is -2.30. The number of hydrogen-bond donors (Lipinski definition) is 1. The van der Waals surface area contributed by atoms with Crippen molar-refractivity contribution in [3.8, 4) is 17.0 Å². The number of pyridine rings is 1. The molecule has 1 amide bonds. The van der Waals surface area contributed by atoms with Crippen LogP contribution in [0.5, 0.6) is 5.75 Å². The van der Waals surface area contributed by atoms with E-state index in [0.29, 0.717) is 18.8 Å². The van der Waals surface area contributed by atoms with Crippen molar-refractivity contribution < 1.29 is 14.3 Å². The number of nitrogens with one attached hydrogen (secondary N) is 1. The average molecular weight is 389 g/mol. The molecule has 6 nitrogen and oxygen atoms in total. The van der Waals surface area contributed by atoms with E-state index < -0.39 is 0 Å². The predicted octanol–water partition coefficient (Wildman–Crippen LogP) is 3.85. The zero-order valence-electron chi connectivity index (χ0n) is 16.3. The van der Waals surface area contributed by atoms with Crippen molar-refractivity contribution in [2.45, 2.75) is 0 Å². The second-order valence-electron chi connectivity index (χ2n) is 6.70. The van der Waals surface area contributed by atoms with Gasteiger partial charge in [0.1, 0.15) is 5.75 Å². The van der Waals surface area contributed by atoms with Crippen molar-refractivity contribution in [1.82, 2.24) is 4.98 Å². The number of rotatable bonds is 5. The van der Waals surface area contributed by atoms with Gasteiger partial charge in [-0.05, 0) is 30.3 Å². The van der Waals surface area contributed by atoms with E-state index in [4.69, 9.17) is 9.47 Å². The number of anilines is 2. The molecule has 0 unspecified atom stereocenters. The van der Waals surface area contributed by atoms with Crippen LogP contribution in [-0.2, 0) is 4.74 Å². The molecule has 29 heavy (non-hydrogen) atoms. The molecule has 2 aromatic carbocycles. The van der Waals surface area contributed by atoms with Gasteiger partial charge >= 0.3 is 0 Å². The second-order valence-corrected chi connectivity index (χ2v) is 6.70. The quantitative estimate of drug-likeness (QED) is 0.718. The zero-order valence-corrected chi connectivity index (χ0v) is 16.3. The summed E-state index contributed by atoms with van der Waals surface area (Å²) in [5.41, 5.74) is 3.86. The minimum absolute atomic E-state index is 0.169. The molecule has 1 N–H and O–H groups in total. The van der Waals surface area contributed by atoms with Gasteiger partial charge in [-0.25, -0.2) is 0 Å². The first kappa shape index (κ1) is 19.0. The lowest BCUT2D eigenvalue weighted by molar-refractivity contribution is 0.102. The topological polar surface area (TPSA) is 63.7 Å². The summed E-state index contributed by atoms with van der Waals surface area (Å²) < 4.78 is 10.8. The number of benzene rings is 2. The molecular weight excluding hydrogens is 366 g/mol. The third-order valence-corrected chi connectivity index (χ3v) is 4.92. The summed E-state index contributed by atoms with van der Waals surface area (Å²) in [5, 5.41) is 3.06. The summed E-state index contributed by atoms with van der Waals surface area (Å²) in [6.07, 6.45) is 1.74. The van der Waals surface area contributed by atoms with Gasteiger partial charge in [-0.15, -0.1) is 0 Å². The van der Waals surface area contributed by atoms with Crippen molar-refractivity contribution in [3.05, 3.63) is 72.4 Å². The fraction of sp³-hybridized carbons (Fsp3) is 0.217. The molecule has 1 aliphatic rings. The van der Waals surface area contributed by atoms with Crippen molar-refractivity contribution in [2.24, 2.45) is 0 Å². The Bertz CT molecular complexity index is 986. The van der Waals surface area contributed by atoms with E-state index in [0.717, 1.165) is 41.5 Å². The number of hydrogen-bond acceptors (Lipinski definition) is 5. The standard InChI is InChI=1S/C23H23N3O3/c1-28-17-9-10-19(22(16-17)26-12-14-29-15-13-26)23(27)25-21-8-3-2-6-18(21)20-7-4-5-11-24-20/h2-11,16H,12-15H2,1H3,(H,25,27). The minimum atomic E-state index is -0.169. The van der Waals surface area contributed by atoms with E-state index in [1.165, 1.54) is 0 Å². The van der Waals surface area contributed by atoms with Crippen LogP contribution in [0.2, 0.25) is 0 Å². The number of amides is 1. The molecule has 0 radical (unpaired) electrons. The summed E-state index contributed by atoms with van der Waals surface area (Å²) in [6, 6.07) is 18.9. The molecule has 1 aromatic heterocycles. The molecule has 1 aliphatic heterocycles. The minimum Gasteiger partial charge on any atom is -0.497 e. The van der Waals surface area contributed by atoms with Gasteiger partial charge in [0.2, 0.25) is 0 Å². The van der Waals surface area contributed by atoms with Crippen LogP contribution in [-0.4, -0.2) is 44.3 Å². The van der Waals surface area contributed by atoms with Crippen LogP contribution in [0.4, 0.5) is 11.4 Å². The molecular formula is C23H23N3O3. The van der Waals surface area contributed by atoms with Gasteiger partial charge in [-0.3, -0.25) is 9.78 Å². The van der Waals surface area contributed by atoms with Crippen molar-refractivity contribution in [3.63, 3.8) is 0 Å². The Morgan fingerprint density at radius 3 is 2.62 bits per heavy atom. The summed E-state index contributed by atoms with van der Waals surface area (Å²) >= 11 is 0. The summed E-state index contributed by atoms with van der Waals surface area (Å²) in [6.45, 7) is 2.75. The van der Waals surface area contributed by atoms with Crippen molar-refractivity contribution >= 4 is 17.3 Å². The molecule has 1 saturated heterocycles. The Balaban J connectivity index is 1.66. The van der Waals surface area contributed by atoms with Gasteiger partial charge in [-0.1, -0.05) is 24.3 Å². The maximum absolute atomic E-state index is 13.2. The van der Waals surface area contributed by atoms with Crippen LogP contribution in [0.1, 0.15) is 10.4 Å². The summed E-state index contributed by atoms with van der Waals surface area (Å²) in [5.74, 6) is 0.550. The first-order valence-electron chi connectivity index (χ1n) is 9.59. The number of carbonyl (C=O) groups excluding carboxylic acids is 1. The average Bonchev–Trinajstić information content (AvgIpc) is 2.80. The van der Waals surface area contributed by atoms with Crippen LogP contribution in [0.15, 0.2) is 66.9 Å². The van der Waals surface area contributed by atoms with Crippen LogP contribution in [0.25, 0.3) is 11.3 Å². The number of morpholine rings is 1. The van der Waals surface area contributed by atoms with Crippen LogP contribution in [0.3, 0.4) is 0 Å². The Hall–Kier alpha value is -3.38. The number of aromatic nitrogens is 1. The monoisotopic (exact) mass is 389 g/mol. The number of para-hydroxylation sites is 1. The molecule has 0 bridgehead atoms. The SMILES string of the molecule is COc1ccc(C(=O)Nc2ccccc2-c2ccccn2)c(N2CCOCC2)c1. The normalized spacial score (nSPS) is 13.8. The molecule has 2 heterocycles. The largest absolute Gasteiger partial charge is 0.497 e. The smallest absolute Gasteiger partial charge is 0.257 e. The van der Waals surface area contributed by atoms with E-state index in [2.05, 4.69) is 15.2 Å². The van der Waals surface area contributed by atoms with Gasteiger partial charge in [0.15, 0.2) is 0 Å². The van der Waals surface area contributed by atoms with Crippen LogP contribution in [0, 0.1) is 0 Å². The van der Waals surface area contributed by atoms with Gasteiger partial charge in [0.05, 0.1) is 43.0 Å². The Morgan fingerprint density at radius 1 is 1.07 bits per heavy atom. The molecule has 1 fully saturated rings. The fourth-order valence-corrected chi connectivity index (χ4v) is 3.42. The summed E-state index contributed by atoms with van der Waals surface area (Å²) in [7, 11) is 1.63. The van der Waals surface area contributed by atoms with E-state index in [1.54, 1.807) is 13.3 Å². The number of carbonyl (C=O) groups is 1. The highest BCUT2D eigenvalue weighted by atomic mass is 16.5. The predicted molar refractivity (Wildman–Crippen MR) is 114 cm³/mol. The van der Waals surface area contributed by atoms with Gasteiger partial charge in [0, 0.05) is 30.9 Å². The molecule has 6 heteroatoms. The highest BCUT2D eigenvalue weighted by Gasteiger charge is 2.20. The summed E-state index contributed by atoms with van der Waals surface area (Å²) in [4.78, 5) is 19.8. The lowest BCUT2D eigenvalue weighted by Crippen LogP contribution is -2.37. The molecule has 4 rings (SSSR count). The third kappa shape index (κ3) is 4.22. The molecule has 0 aliphatic carbocycles. The van der Waals surface area contributed by atoms with Gasteiger partial charge < -0.3 is 19.7 Å². The molecule has 0 atom stereocenters. The first-order chi connectivity index (χ1) is 14.3. The maximum atomic E-state index is 13.2. The highest BCUT2D eigenvalue weighted by molar-refractivity contribution is 6.09. The Morgan fingerprint density at radius 2 is 1.86 bits per heavy atom. The van der Waals surface area contributed by atoms with Crippen LogP contribution < -0.4 is 15.0 Å². The number of methoxy groups -OCH3 is 1. The van der Waals surface area contributed by atoms with E-state index in [9.17, 15) is 4.79 Å². The maximum Gasteiger partial charge on any atom is 0.257 e. The molecule has 0 saturated carbocycles. The van der Waals surface area contributed by atoms with Crippen molar-refractivity contribution in [2.75, 3.05) is 43.6 Å². The first-order valence-corrected chi connectivity index (χ1v) is 9.59. The van der Waals surface area contributed by atoms with E-state index in [1.807, 2.05) is 60.7 Å². The Labute approximate surface area is 170 Å². The second kappa shape index (κ2) is 8.75. The van der Waals surface area contributed by atoms with E-state index >= 15 is 0 Å². The Kier molecular flexibility index (Phi) is 5.72. The third-order valence-electron chi connectivity index (χ3n) is 4.92. The number of nitrogens with zero attached hydrogens (tertiary/aromatic N) is 2. The van der Waals surface area contributed by atoms with E-state index in [-0.39, 0.29) is 5.91 Å². The highest BCUT2D eigenvalue weighted by Crippen LogP contribution is 2.30. The lowest BCUT2D eigenvalue weighted by atomic mass is 10.1. The molecule has 0 spiro atoms. The number of ether oxygens (including phenoxy) is 2. The van der Waals surface area contributed by atoms with Crippen LogP contribution >= 0.6 is 0 Å². The fourth-order valence-electron chi connectivity index (χ4n) is 3.42.